The minimum atomic E-state index is -5.29. The fraction of sp³-hybridized carbons (Fsp3) is 0.881. The Labute approximate surface area is 629 Å². The summed E-state index contributed by atoms with van der Waals surface area (Å²) < 4.78 is 137. The number of unbranched alkanes of at least 4 members (excludes halogenated alkanes) is 16. The van der Waals surface area contributed by atoms with Crippen LogP contribution in [-0.2, 0) is 120 Å². The molecular formula is C67H116N4O35S2. The summed E-state index contributed by atoms with van der Waals surface area (Å²) in [5, 5.41) is 95.0. The maximum atomic E-state index is 12.5. The van der Waals surface area contributed by atoms with Crippen molar-refractivity contribution in [2.45, 2.75) is 311 Å². The Morgan fingerprint density at radius 3 is 1.21 bits per heavy atom. The third kappa shape index (κ3) is 36.4. The van der Waals surface area contributed by atoms with Gasteiger partial charge in [0, 0.05) is 65.8 Å². The molecule has 108 heavy (non-hydrogen) atoms. The van der Waals surface area contributed by atoms with E-state index in [1.807, 2.05) is 0 Å². The standard InChI is InChI=1S/C67H116N4O35S2/c1-5-45-51(79)53(81)49(71-42(4)73)65(100-45)102-57-55(83)59(106-108(91,92)93)67(104-61(57)63(86)87)97-32-24-16-9-12-19-27-43(74)26-18-10-6-7-11-20-28-44(75)38-95-36-34-94-35-37-96-39-47(77)69-31-22-14-8-13-21-29-46(76)68-30-23-15-17-25-33-98-66-58(105-107(88,89)90)54(82)56(60(103-66)62(84)85)101-64-48(70-41(3)72)52(80)50(78)40(2)99-64/h40,45,48-61,64-67,78-83H,5-39H2,1-4H3,(H,68,76)(H,69,77)(H,70,72)(H,71,73)(H,84,85)(H,86,87)(H,88,89,90)(H,91,92,93). The van der Waals surface area contributed by atoms with Gasteiger partial charge < -0.3 is 114 Å². The lowest BCUT2D eigenvalue weighted by molar-refractivity contribution is -0.336. The number of hydrogen-bond donors (Lipinski definition) is 14. The van der Waals surface area contributed by atoms with Gasteiger partial charge in [-0.2, -0.15) is 16.8 Å². The van der Waals surface area contributed by atoms with E-state index in [2.05, 4.69) is 29.6 Å². The topological polar surface area (TPSA) is 575 Å². The molecule has 4 fully saturated rings. The van der Waals surface area contributed by atoms with Crippen LogP contribution in [0.3, 0.4) is 0 Å². The predicted octanol–water partition coefficient (Wildman–Crippen LogP) is -0.378. The van der Waals surface area contributed by atoms with Gasteiger partial charge in [0.15, 0.2) is 55.4 Å². The number of carboxylic acids is 2. The highest BCUT2D eigenvalue weighted by Crippen LogP contribution is 2.35. The molecular weight excluding hydrogens is 1480 g/mol. The number of carbonyl (C=O) groups is 8. The van der Waals surface area contributed by atoms with Crippen molar-refractivity contribution in [2.24, 2.45) is 0 Å². The Balaban J connectivity index is 0.903. The molecule has 0 bridgehead atoms. The van der Waals surface area contributed by atoms with E-state index in [0.717, 1.165) is 84.5 Å². The summed E-state index contributed by atoms with van der Waals surface area (Å²) in [6.45, 7) is 6.58. The molecule has 0 spiro atoms. The number of amides is 4. The van der Waals surface area contributed by atoms with Crippen LogP contribution in [0.5, 0.6) is 0 Å². The number of ether oxygens (including phenoxy) is 11. The first-order valence-electron chi connectivity index (χ1n) is 37.1. The molecule has 4 amide bonds. The van der Waals surface area contributed by atoms with Crippen LogP contribution >= 0.6 is 0 Å². The summed E-state index contributed by atoms with van der Waals surface area (Å²) >= 11 is 0. The van der Waals surface area contributed by atoms with Crippen LogP contribution in [0.4, 0.5) is 0 Å². The molecule has 20 atom stereocenters. The van der Waals surface area contributed by atoms with E-state index in [1.54, 1.807) is 6.92 Å². The zero-order valence-corrected chi connectivity index (χ0v) is 63.4. The van der Waals surface area contributed by atoms with Crippen molar-refractivity contribution >= 4 is 67.9 Å². The molecule has 4 aliphatic rings. The van der Waals surface area contributed by atoms with Gasteiger partial charge in [-0.05, 0) is 64.7 Å². The molecule has 0 saturated carbocycles. The Hall–Kier alpha value is -4.78. The highest BCUT2D eigenvalue weighted by atomic mass is 32.3. The van der Waals surface area contributed by atoms with Crippen LogP contribution in [0, 0.1) is 0 Å². The molecule has 39 nitrogen and oxygen atoms in total. The maximum Gasteiger partial charge on any atom is 0.397 e. The van der Waals surface area contributed by atoms with Crippen LogP contribution in [0.1, 0.15) is 188 Å². The van der Waals surface area contributed by atoms with E-state index >= 15 is 0 Å². The van der Waals surface area contributed by atoms with E-state index in [-0.39, 0.29) is 82.7 Å². The van der Waals surface area contributed by atoms with Gasteiger partial charge in [0.2, 0.25) is 23.6 Å². The van der Waals surface area contributed by atoms with Crippen molar-refractivity contribution in [3.05, 3.63) is 0 Å². The number of aliphatic carboxylic acids is 2. The van der Waals surface area contributed by atoms with Gasteiger partial charge in [-0.1, -0.05) is 84.0 Å². The molecule has 41 heteroatoms. The second-order valence-corrected chi connectivity index (χ2v) is 29.2. The van der Waals surface area contributed by atoms with Crippen LogP contribution in [0.25, 0.3) is 0 Å². The monoisotopic (exact) mass is 1600 g/mol. The van der Waals surface area contributed by atoms with Crippen LogP contribution < -0.4 is 21.3 Å². The molecule has 626 valence electrons. The second-order valence-electron chi connectivity index (χ2n) is 27.1. The van der Waals surface area contributed by atoms with Gasteiger partial charge >= 0.3 is 32.7 Å². The van der Waals surface area contributed by atoms with Crippen molar-refractivity contribution in [3.63, 3.8) is 0 Å². The zero-order chi connectivity index (χ0) is 79.9. The quantitative estimate of drug-likeness (QED) is 0.0273. The van der Waals surface area contributed by atoms with Crippen molar-refractivity contribution in [2.75, 3.05) is 65.9 Å². The number of nitrogens with one attached hydrogen (secondary N) is 4. The lowest BCUT2D eigenvalue weighted by atomic mass is 9.94. The van der Waals surface area contributed by atoms with Crippen LogP contribution in [0.2, 0.25) is 0 Å². The lowest BCUT2D eigenvalue weighted by Gasteiger charge is -2.47. The van der Waals surface area contributed by atoms with Crippen molar-refractivity contribution in [1.29, 1.82) is 0 Å². The number of aliphatic hydroxyl groups is 6. The van der Waals surface area contributed by atoms with Crippen molar-refractivity contribution in [3.8, 4) is 0 Å². The largest absolute Gasteiger partial charge is 0.479 e. The van der Waals surface area contributed by atoms with Gasteiger partial charge in [-0.3, -0.25) is 37.9 Å². The van der Waals surface area contributed by atoms with E-state index in [4.69, 9.17) is 52.1 Å². The average molecular weight is 1600 g/mol. The Kier molecular flexibility index (Phi) is 45.2. The average Bonchev–Trinajstić information content (AvgIpc) is 0.778. The third-order valence-electron chi connectivity index (χ3n) is 18.1. The molecule has 20 unspecified atom stereocenters. The summed E-state index contributed by atoms with van der Waals surface area (Å²) in [5.74, 6) is -4.93. The van der Waals surface area contributed by atoms with E-state index in [0.29, 0.717) is 96.6 Å². The number of ketones is 2. The molecule has 4 saturated heterocycles. The summed E-state index contributed by atoms with van der Waals surface area (Å²) in [6.07, 6.45) is -15.8. The number of carbonyl (C=O) groups excluding carboxylic acids is 6. The molecule has 4 aliphatic heterocycles. The molecule has 4 heterocycles. The molecule has 14 N–H and O–H groups in total. The van der Waals surface area contributed by atoms with Crippen LogP contribution in [0.15, 0.2) is 0 Å². The number of carboxylic acid groups (broad SMARTS) is 2. The fourth-order valence-electron chi connectivity index (χ4n) is 12.4. The van der Waals surface area contributed by atoms with E-state index in [1.165, 1.54) is 6.92 Å². The normalized spacial score (nSPS) is 28.9. The van der Waals surface area contributed by atoms with Gasteiger partial charge in [-0.25, -0.2) is 18.0 Å². The van der Waals surface area contributed by atoms with Gasteiger partial charge in [0.1, 0.15) is 79.9 Å². The number of Topliss-reactive ketones (excluding diaryl/α,β-unsaturated/α-hetero) is 2. The van der Waals surface area contributed by atoms with Crippen LogP contribution in [-0.4, -0.2) is 303 Å². The van der Waals surface area contributed by atoms with Gasteiger partial charge in [-0.15, -0.1) is 0 Å². The Morgan fingerprint density at radius 1 is 0.398 bits per heavy atom. The highest BCUT2D eigenvalue weighted by Gasteiger charge is 2.57. The fourth-order valence-corrected chi connectivity index (χ4v) is 13.4. The number of rotatable bonds is 57. The molecule has 0 aromatic carbocycles. The van der Waals surface area contributed by atoms with Crippen molar-refractivity contribution in [1.82, 2.24) is 21.3 Å². The van der Waals surface area contributed by atoms with Gasteiger partial charge in [0.05, 0.1) is 38.6 Å². The Bertz CT molecular complexity index is 2930. The first-order valence-corrected chi connectivity index (χ1v) is 39.8. The minimum absolute atomic E-state index is 0.00755. The minimum Gasteiger partial charge on any atom is -0.479 e. The maximum absolute atomic E-state index is 12.5. The molecule has 0 radical (unpaired) electrons. The molecule has 0 aromatic rings. The molecule has 4 rings (SSSR count). The molecule has 0 aromatic heterocycles. The third-order valence-corrected chi connectivity index (χ3v) is 19.1. The SMILES string of the molecule is CCC1OC(OC2C(C(=O)O)OC(OCCCCCCCC(=O)CCCCCCCCC(=O)COCCOCCOCC(=O)NCCCCCCCC(=O)NCCCCCCOC3OC(C(=O)O)C(OC4OC(C)C(O)C(O)C4NC(C)=O)C(O)C3OS(=O)(=O)O)C(OS(=O)(=O)O)C2O)C(NC(C)=O)C(O)C1O. The predicted molar refractivity (Wildman–Crippen MR) is 371 cm³/mol. The summed E-state index contributed by atoms with van der Waals surface area (Å²) in [6, 6.07) is -2.94. The highest BCUT2D eigenvalue weighted by molar-refractivity contribution is 7.81. The van der Waals surface area contributed by atoms with E-state index in [9.17, 15) is 105 Å². The Morgan fingerprint density at radius 2 is 0.778 bits per heavy atom. The lowest BCUT2D eigenvalue weighted by Crippen LogP contribution is -2.68. The second kappa shape index (κ2) is 51.1. The smallest absolute Gasteiger partial charge is 0.397 e. The van der Waals surface area contributed by atoms with Gasteiger partial charge in [0.25, 0.3) is 0 Å². The summed E-state index contributed by atoms with van der Waals surface area (Å²) in [4.78, 5) is 97.8. The summed E-state index contributed by atoms with van der Waals surface area (Å²) in [5.41, 5.74) is 0. The first-order chi connectivity index (χ1) is 51.2. The number of aliphatic hydroxyl groups excluding tert-OH is 6. The van der Waals surface area contributed by atoms with Crippen molar-refractivity contribution < 1.29 is 166 Å². The first kappa shape index (κ1) is 95.6. The zero-order valence-electron chi connectivity index (χ0n) is 61.8. The van der Waals surface area contributed by atoms with E-state index < -0.39 is 167 Å². The molecule has 0 aliphatic carbocycles. The number of hydrogen-bond acceptors (Lipinski definition) is 31. The summed E-state index contributed by atoms with van der Waals surface area (Å²) in [7, 11) is -10.6.